The molecule has 124 valence electrons. The van der Waals surface area contributed by atoms with Gasteiger partial charge in [-0.3, -0.25) is 9.59 Å². The predicted molar refractivity (Wildman–Crippen MR) is 84.2 cm³/mol. The van der Waals surface area contributed by atoms with Gasteiger partial charge < -0.3 is 4.90 Å². The summed E-state index contributed by atoms with van der Waals surface area (Å²) in [5, 5.41) is 0. The van der Waals surface area contributed by atoms with Crippen LogP contribution in [0.2, 0.25) is 0 Å². The van der Waals surface area contributed by atoms with E-state index < -0.39 is 22.5 Å². The lowest BCUT2D eigenvalue weighted by molar-refractivity contribution is -0.133. The minimum Gasteiger partial charge on any atom is -0.341 e. The summed E-state index contributed by atoms with van der Waals surface area (Å²) < 4.78 is 25.7. The quantitative estimate of drug-likeness (QED) is 0.817. The third-order valence-corrected chi connectivity index (χ3v) is 6.20. The minimum absolute atomic E-state index is 0.0156. The van der Waals surface area contributed by atoms with Crippen LogP contribution in [0.5, 0.6) is 0 Å². The van der Waals surface area contributed by atoms with Gasteiger partial charge in [0.2, 0.25) is 5.91 Å². The van der Waals surface area contributed by atoms with Crippen molar-refractivity contribution in [2.75, 3.05) is 19.6 Å². The van der Waals surface area contributed by atoms with Crippen molar-refractivity contribution in [3.8, 4) is 0 Å². The lowest BCUT2D eigenvalue weighted by Gasteiger charge is -2.35. The number of sulfonamides is 1. The molecule has 1 aromatic rings. The molecule has 2 heterocycles. The SMILES string of the molecule is C[C@H]1C[C@H](C)CN(C(=O)CN2C(=O)c3ccccc3S2(=O)=O)C1. The fourth-order valence-electron chi connectivity index (χ4n) is 3.48. The molecule has 6 nitrogen and oxygen atoms in total. The molecule has 0 radical (unpaired) electrons. The van der Waals surface area contributed by atoms with Crippen molar-refractivity contribution < 1.29 is 18.0 Å². The number of fused-ring (bicyclic) bond motifs is 1. The van der Waals surface area contributed by atoms with Crippen LogP contribution in [0.15, 0.2) is 29.2 Å². The van der Waals surface area contributed by atoms with Crippen LogP contribution in [-0.4, -0.2) is 49.1 Å². The first-order valence-electron chi connectivity index (χ1n) is 7.74. The zero-order valence-electron chi connectivity index (χ0n) is 13.2. The van der Waals surface area contributed by atoms with Crippen molar-refractivity contribution in [1.82, 2.24) is 9.21 Å². The Hall–Kier alpha value is -1.89. The Balaban J connectivity index is 1.81. The summed E-state index contributed by atoms with van der Waals surface area (Å²) >= 11 is 0. The Morgan fingerprint density at radius 3 is 2.39 bits per heavy atom. The lowest BCUT2D eigenvalue weighted by atomic mass is 9.92. The first-order chi connectivity index (χ1) is 10.8. The molecule has 0 unspecified atom stereocenters. The molecule has 2 atom stereocenters. The van der Waals surface area contributed by atoms with E-state index in [1.165, 1.54) is 12.1 Å². The Labute approximate surface area is 136 Å². The van der Waals surface area contributed by atoms with Crippen molar-refractivity contribution in [2.24, 2.45) is 11.8 Å². The maximum absolute atomic E-state index is 12.5. The summed E-state index contributed by atoms with van der Waals surface area (Å²) in [7, 11) is -3.92. The zero-order valence-corrected chi connectivity index (χ0v) is 14.0. The molecular formula is C16H20N2O4S. The van der Waals surface area contributed by atoms with Crippen LogP contribution in [0.3, 0.4) is 0 Å². The molecule has 7 heteroatoms. The van der Waals surface area contributed by atoms with Gasteiger partial charge in [-0.25, -0.2) is 12.7 Å². The van der Waals surface area contributed by atoms with Gasteiger partial charge in [0.1, 0.15) is 11.4 Å². The maximum atomic E-state index is 12.5. The summed E-state index contributed by atoms with van der Waals surface area (Å²) in [6, 6.07) is 6.07. The molecular weight excluding hydrogens is 316 g/mol. The Morgan fingerprint density at radius 1 is 1.17 bits per heavy atom. The molecule has 3 rings (SSSR count). The number of benzene rings is 1. The van der Waals surface area contributed by atoms with Crippen LogP contribution in [-0.2, 0) is 14.8 Å². The van der Waals surface area contributed by atoms with Crippen LogP contribution >= 0.6 is 0 Å². The van der Waals surface area contributed by atoms with Gasteiger partial charge in [0.25, 0.3) is 15.9 Å². The molecule has 0 aliphatic carbocycles. The number of amides is 2. The summed E-state index contributed by atoms with van der Waals surface area (Å²) in [5.74, 6) is -0.170. The monoisotopic (exact) mass is 336 g/mol. The van der Waals surface area contributed by atoms with Crippen molar-refractivity contribution >= 4 is 21.8 Å². The van der Waals surface area contributed by atoms with Gasteiger partial charge in [0.15, 0.2) is 0 Å². The highest BCUT2D eigenvalue weighted by Crippen LogP contribution is 2.30. The van der Waals surface area contributed by atoms with Crippen molar-refractivity contribution in [3.63, 3.8) is 0 Å². The number of rotatable bonds is 2. The Bertz CT molecular complexity index is 749. The lowest BCUT2D eigenvalue weighted by Crippen LogP contribution is -2.48. The first-order valence-corrected chi connectivity index (χ1v) is 9.18. The molecule has 2 aliphatic rings. The van der Waals surface area contributed by atoms with Gasteiger partial charge in [-0.2, -0.15) is 0 Å². The molecule has 0 bridgehead atoms. The third kappa shape index (κ3) is 2.73. The van der Waals surface area contributed by atoms with Gasteiger partial charge in [-0.1, -0.05) is 26.0 Å². The van der Waals surface area contributed by atoms with E-state index in [-0.39, 0.29) is 16.4 Å². The second kappa shape index (κ2) is 5.63. The van der Waals surface area contributed by atoms with Gasteiger partial charge in [-0.05, 0) is 30.4 Å². The topological polar surface area (TPSA) is 74.8 Å². The second-order valence-corrected chi connectivity index (χ2v) is 8.39. The average Bonchev–Trinajstić information content (AvgIpc) is 2.68. The van der Waals surface area contributed by atoms with E-state index in [0.717, 1.165) is 6.42 Å². The van der Waals surface area contributed by atoms with E-state index in [1.807, 2.05) is 0 Å². The first kappa shape index (κ1) is 16.0. The smallest absolute Gasteiger partial charge is 0.269 e. The number of likely N-dealkylation sites (tertiary alicyclic amines) is 1. The molecule has 0 saturated carbocycles. The molecule has 1 saturated heterocycles. The number of hydrogen-bond donors (Lipinski definition) is 0. The molecule has 0 spiro atoms. The van der Waals surface area contributed by atoms with Gasteiger partial charge in [-0.15, -0.1) is 0 Å². The predicted octanol–water partition coefficient (Wildman–Crippen LogP) is 1.34. The van der Waals surface area contributed by atoms with E-state index in [1.54, 1.807) is 17.0 Å². The number of carbonyl (C=O) groups excluding carboxylic acids is 2. The zero-order chi connectivity index (χ0) is 16.8. The van der Waals surface area contributed by atoms with Crippen LogP contribution in [0, 0.1) is 11.8 Å². The van der Waals surface area contributed by atoms with E-state index in [2.05, 4.69) is 13.8 Å². The number of piperidine rings is 1. The molecule has 23 heavy (non-hydrogen) atoms. The Morgan fingerprint density at radius 2 is 1.78 bits per heavy atom. The molecule has 0 aromatic heterocycles. The van der Waals surface area contributed by atoms with E-state index in [0.29, 0.717) is 29.2 Å². The highest BCUT2D eigenvalue weighted by molar-refractivity contribution is 7.90. The number of nitrogens with zero attached hydrogens (tertiary/aromatic N) is 2. The molecule has 1 fully saturated rings. The van der Waals surface area contributed by atoms with Gasteiger partial charge in [0.05, 0.1) is 5.56 Å². The molecule has 1 aromatic carbocycles. The fourth-order valence-corrected chi connectivity index (χ4v) is 4.99. The molecule has 2 aliphatic heterocycles. The van der Waals surface area contributed by atoms with Crippen LogP contribution in [0.25, 0.3) is 0 Å². The van der Waals surface area contributed by atoms with Crippen molar-refractivity contribution in [1.29, 1.82) is 0 Å². The highest BCUT2D eigenvalue weighted by Gasteiger charge is 2.42. The summed E-state index contributed by atoms with van der Waals surface area (Å²) in [6.45, 7) is 4.94. The molecule has 0 N–H and O–H groups in total. The van der Waals surface area contributed by atoms with Gasteiger partial charge >= 0.3 is 0 Å². The van der Waals surface area contributed by atoms with Crippen LogP contribution < -0.4 is 0 Å². The van der Waals surface area contributed by atoms with E-state index in [9.17, 15) is 18.0 Å². The Kier molecular flexibility index (Phi) is 3.91. The maximum Gasteiger partial charge on any atom is 0.269 e. The van der Waals surface area contributed by atoms with Crippen molar-refractivity contribution in [3.05, 3.63) is 29.8 Å². The summed E-state index contributed by atoms with van der Waals surface area (Å²) in [6.07, 6.45) is 1.05. The van der Waals surface area contributed by atoms with E-state index >= 15 is 0 Å². The number of hydrogen-bond acceptors (Lipinski definition) is 4. The standard InChI is InChI=1S/C16H20N2O4S/c1-11-7-12(2)9-17(8-11)15(19)10-18-16(20)13-5-3-4-6-14(13)23(18,21)22/h3-6,11-12H,7-10H2,1-2H3/t11-,12-/m0/s1. The highest BCUT2D eigenvalue weighted by atomic mass is 32.2. The fraction of sp³-hybridized carbons (Fsp3) is 0.500. The minimum atomic E-state index is -3.92. The molecule has 2 amide bonds. The largest absolute Gasteiger partial charge is 0.341 e. The summed E-state index contributed by atoms with van der Waals surface area (Å²) in [4.78, 5) is 26.5. The second-order valence-electron chi connectivity index (χ2n) is 6.56. The summed E-state index contributed by atoms with van der Waals surface area (Å²) in [5.41, 5.74) is 0.140. The van der Waals surface area contributed by atoms with Crippen LogP contribution in [0.1, 0.15) is 30.6 Å². The van der Waals surface area contributed by atoms with E-state index in [4.69, 9.17) is 0 Å². The third-order valence-electron chi connectivity index (χ3n) is 4.41. The normalized spacial score (nSPS) is 26.3. The van der Waals surface area contributed by atoms with Crippen LogP contribution in [0.4, 0.5) is 0 Å². The van der Waals surface area contributed by atoms with Gasteiger partial charge in [0, 0.05) is 13.1 Å². The number of carbonyl (C=O) groups is 2. The average molecular weight is 336 g/mol. The van der Waals surface area contributed by atoms with Crippen molar-refractivity contribution in [2.45, 2.75) is 25.2 Å².